The Hall–Kier alpha value is -2.03. The molecule has 29 heavy (non-hydrogen) atoms. The minimum atomic E-state index is -3.14. The van der Waals surface area contributed by atoms with Crippen LogP contribution in [-0.4, -0.2) is 29.7 Å². The van der Waals surface area contributed by atoms with Crippen molar-refractivity contribution in [2.45, 2.75) is 32.4 Å². The quantitative estimate of drug-likeness (QED) is 0.455. The topological polar surface area (TPSA) is 52.6 Å². The van der Waals surface area contributed by atoms with Crippen LogP contribution in [0.3, 0.4) is 0 Å². The number of halogens is 6. The molecule has 0 spiro atoms. The third-order valence-corrected chi connectivity index (χ3v) is 4.37. The van der Waals surface area contributed by atoms with Gasteiger partial charge in [-0.05, 0) is 49.7 Å². The van der Waals surface area contributed by atoms with Crippen LogP contribution in [0.5, 0.6) is 0 Å². The second kappa shape index (κ2) is 9.19. The highest BCUT2D eigenvalue weighted by Gasteiger charge is 2.26. The second-order valence-electron chi connectivity index (χ2n) is 6.91. The first kappa shape index (κ1) is 23.3. The summed E-state index contributed by atoms with van der Waals surface area (Å²) in [5.74, 6) is -2.19. The first-order valence-corrected chi connectivity index (χ1v) is 9.14. The number of nitrogens with one attached hydrogen (secondary N) is 1. The van der Waals surface area contributed by atoms with Gasteiger partial charge in [0, 0.05) is 12.2 Å². The molecule has 0 fully saturated rings. The van der Waals surface area contributed by atoms with Gasteiger partial charge in [0.1, 0.15) is 11.6 Å². The van der Waals surface area contributed by atoms with Gasteiger partial charge < -0.3 is 10.4 Å². The van der Waals surface area contributed by atoms with E-state index in [-0.39, 0.29) is 33.5 Å². The molecular weight excluding hydrogens is 435 g/mol. The molecule has 158 valence electrons. The van der Waals surface area contributed by atoms with Crippen molar-refractivity contribution in [1.29, 1.82) is 0 Å². The average Bonchev–Trinajstić information content (AvgIpc) is 2.57. The Morgan fingerprint density at radius 1 is 1.17 bits per heavy atom. The molecule has 0 bridgehead atoms. The molecule has 2 aromatic carbocycles. The zero-order valence-corrected chi connectivity index (χ0v) is 17.0. The van der Waals surface area contributed by atoms with Gasteiger partial charge in [-0.3, -0.25) is 9.69 Å². The van der Waals surface area contributed by atoms with Crippen molar-refractivity contribution in [3.05, 3.63) is 57.6 Å². The SMILES string of the molecule is CC(C)(O)CNC(=O)Cc1cc(N(c2c(Cl)cc(F)cc2Cl)C(F)F)ccc1F. The number of amides is 1. The number of carbonyl (C=O) groups is 1. The van der Waals surface area contributed by atoms with Crippen LogP contribution in [-0.2, 0) is 11.2 Å². The Bertz CT molecular complexity index is 881. The Morgan fingerprint density at radius 3 is 2.28 bits per heavy atom. The molecule has 0 aliphatic heterocycles. The van der Waals surface area contributed by atoms with Crippen LogP contribution < -0.4 is 10.2 Å². The zero-order chi connectivity index (χ0) is 21.9. The second-order valence-corrected chi connectivity index (χ2v) is 7.72. The van der Waals surface area contributed by atoms with Crippen LogP contribution in [0, 0.1) is 11.6 Å². The molecule has 2 N–H and O–H groups in total. The number of rotatable bonds is 7. The number of benzene rings is 2. The fraction of sp³-hybridized carbons (Fsp3) is 0.316. The van der Waals surface area contributed by atoms with Crippen molar-refractivity contribution >= 4 is 40.5 Å². The Labute approximate surface area is 175 Å². The van der Waals surface area contributed by atoms with Gasteiger partial charge in [-0.2, -0.15) is 8.78 Å². The smallest absolute Gasteiger partial charge is 0.319 e. The summed E-state index contributed by atoms with van der Waals surface area (Å²) >= 11 is 11.8. The van der Waals surface area contributed by atoms with Gasteiger partial charge in [0.15, 0.2) is 0 Å². The molecule has 0 aliphatic carbocycles. The Morgan fingerprint density at radius 2 is 1.76 bits per heavy atom. The van der Waals surface area contributed by atoms with Gasteiger partial charge in [0.25, 0.3) is 0 Å². The van der Waals surface area contributed by atoms with Crippen LogP contribution in [0.1, 0.15) is 19.4 Å². The number of alkyl halides is 2. The van der Waals surface area contributed by atoms with Crippen molar-refractivity contribution in [1.82, 2.24) is 5.32 Å². The van der Waals surface area contributed by atoms with E-state index < -0.39 is 36.1 Å². The van der Waals surface area contributed by atoms with E-state index in [1.807, 2.05) is 0 Å². The lowest BCUT2D eigenvalue weighted by molar-refractivity contribution is -0.121. The van der Waals surface area contributed by atoms with Gasteiger partial charge >= 0.3 is 6.55 Å². The number of anilines is 2. The highest BCUT2D eigenvalue weighted by atomic mass is 35.5. The predicted molar refractivity (Wildman–Crippen MR) is 104 cm³/mol. The monoisotopic (exact) mass is 452 g/mol. The zero-order valence-electron chi connectivity index (χ0n) is 15.4. The minimum absolute atomic E-state index is 0.0723. The van der Waals surface area contributed by atoms with Crippen molar-refractivity contribution < 1.29 is 27.5 Å². The Kier molecular flexibility index (Phi) is 7.37. The Balaban J connectivity index is 2.38. The molecule has 0 heterocycles. The summed E-state index contributed by atoms with van der Waals surface area (Å²) in [6.07, 6.45) is -0.447. The fourth-order valence-corrected chi connectivity index (χ4v) is 3.14. The predicted octanol–water partition coefficient (Wildman–Crippen LogP) is 5.06. The molecule has 0 atom stereocenters. The lowest BCUT2D eigenvalue weighted by Gasteiger charge is -2.26. The van der Waals surface area contributed by atoms with E-state index in [1.54, 1.807) is 0 Å². The van der Waals surface area contributed by atoms with E-state index in [9.17, 15) is 27.5 Å². The summed E-state index contributed by atoms with van der Waals surface area (Å²) in [4.78, 5) is 12.4. The van der Waals surface area contributed by atoms with E-state index in [2.05, 4.69) is 5.32 Å². The molecule has 0 radical (unpaired) electrons. The molecule has 0 saturated carbocycles. The number of carbonyl (C=O) groups excluding carboxylic acids is 1. The summed E-state index contributed by atoms with van der Waals surface area (Å²) in [6, 6.07) is 4.70. The van der Waals surface area contributed by atoms with Crippen LogP contribution >= 0.6 is 23.2 Å². The molecule has 0 unspecified atom stereocenters. The summed E-state index contributed by atoms with van der Waals surface area (Å²) in [7, 11) is 0. The summed E-state index contributed by atoms with van der Waals surface area (Å²) in [5, 5.41) is 11.3. The maximum Gasteiger partial charge on any atom is 0.319 e. The summed E-state index contributed by atoms with van der Waals surface area (Å²) in [5.41, 5.74) is -1.87. The van der Waals surface area contributed by atoms with Crippen LogP contribution in [0.4, 0.5) is 28.9 Å². The standard InChI is InChI=1S/C19H18Cl2F4N2O2/c1-19(2,29)9-26-16(28)6-10-5-12(3-4-15(10)23)27(18(24)25)17-13(20)7-11(22)8-14(17)21/h3-5,7-8,18,29H,6,9H2,1-2H3,(H,26,28). The van der Waals surface area contributed by atoms with Gasteiger partial charge in [-0.25, -0.2) is 8.78 Å². The van der Waals surface area contributed by atoms with Crippen LogP contribution in [0.2, 0.25) is 10.0 Å². The van der Waals surface area contributed by atoms with Crippen molar-refractivity contribution in [2.24, 2.45) is 0 Å². The molecule has 2 rings (SSSR count). The highest BCUT2D eigenvalue weighted by Crippen LogP contribution is 2.41. The normalized spacial score (nSPS) is 11.7. The van der Waals surface area contributed by atoms with E-state index >= 15 is 0 Å². The molecule has 2 aromatic rings. The highest BCUT2D eigenvalue weighted by molar-refractivity contribution is 6.39. The molecule has 0 aliphatic rings. The lowest BCUT2D eigenvalue weighted by Crippen LogP contribution is -2.38. The minimum Gasteiger partial charge on any atom is -0.389 e. The van der Waals surface area contributed by atoms with Gasteiger partial charge in [0.2, 0.25) is 5.91 Å². The van der Waals surface area contributed by atoms with E-state index in [4.69, 9.17) is 23.2 Å². The van der Waals surface area contributed by atoms with Crippen molar-refractivity contribution in [2.75, 3.05) is 11.4 Å². The maximum atomic E-state index is 14.1. The van der Waals surface area contributed by atoms with Gasteiger partial charge in [-0.1, -0.05) is 23.2 Å². The third kappa shape index (κ3) is 6.22. The number of aliphatic hydroxyl groups is 1. The summed E-state index contributed by atoms with van der Waals surface area (Å²) in [6.45, 7) is -0.259. The number of hydrogen-bond donors (Lipinski definition) is 2. The number of hydrogen-bond acceptors (Lipinski definition) is 3. The van der Waals surface area contributed by atoms with Gasteiger partial charge in [-0.15, -0.1) is 0 Å². The maximum absolute atomic E-state index is 14.1. The first-order chi connectivity index (χ1) is 13.4. The van der Waals surface area contributed by atoms with Crippen molar-refractivity contribution in [3.63, 3.8) is 0 Å². The molecule has 0 aromatic heterocycles. The van der Waals surface area contributed by atoms with E-state index in [0.29, 0.717) is 4.90 Å². The molecule has 0 saturated heterocycles. The molecular formula is C19H18Cl2F4N2O2. The van der Waals surface area contributed by atoms with Crippen molar-refractivity contribution in [3.8, 4) is 0 Å². The number of nitrogens with zero attached hydrogens (tertiary/aromatic N) is 1. The first-order valence-electron chi connectivity index (χ1n) is 8.38. The van der Waals surface area contributed by atoms with Crippen LogP contribution in [0.25, 0.3) is 0 Å². The lowest BCUT2D eigenvalue weighted by atomic mass is 10.1. The average molecular weight is 453 g/mol. The summed E-state index contributed by atoms with van der Waals surface area (Å²) < 4.78 is 55.1. The van der Waals surface area contributed by atoms with Crippen LogP contribution in [0.15, 0.2) is 30.3 Å². The van der Waals surface area contributed by atoms with Gasteiger partial charge in [0.05, 0.1) is 27.8 Å². The van der Waals surface area contributed by atoms with E-state index in [0.717, 1.165) is 30.3 Å². The third-order valence-electron chi connectivity index (χ3n) is 3.79. The van der Waals surface area contributed by atoms with E-state index in [1.165, 1.54) is 13.8 Å². The molecule has 1 amide bonds. The molecule has 10 heteroatoms. The fourth-order valence-electron chi connectivity index (χ4n) is 2.50. The molecule has 4 nitrogen and oxygen atoms in total. The largest absolute Gasteiger partial charge is 0.389 e.